The lowest BCUT2D eigenvalue weighted by atomic mass is 10.0. The molecule has 2 saturated heterocycles. The molecule has 454 valence electrons. The minimum Gasteiger partial charge on any atom is -0.480 e. The number of carboxylic acids is 1. The highest BCUT2D eigenvalue weighted by molar-refractivity contribution is 5.99. The second-order valence-corrected chi connectivity index (χ2v) is 20.5. The van der Waals surface area contributed by atoms with Crippen LogP contribution in [0.1, 0.15) is 74.5 Å². The predicted molar refractivity (Wildman–Crippen MR) is 308 cm³/mol. The number of amides is 9. The van der Waals surface area contributed by atoms with Crippen LogP contribution in [0.25, 0.3) is 0 Å². The van der Waals surface area contributed by atoms with Crippen LogP contribution in [0.15, 0.2) is 101 Å². The molecule has 9 amide bonds. The highest BCUT2D eigenvalue weighted by atomic mass is 16.4. The van der Waals surface area contributed by atoms with E-state index in [1.165, 1.54) is 9.80 Å². The zero-order chi connectivity index (χ0) is 61.3. The molecule has 28 nitrogen and oxygen atoms in total. The minimum atomic E-state index is -1.74. The SMILES string of the molecule is NC(=O)CC(NC(=O)C1CCCN1C(=O)C(N)CCCN=C(N)N)C(=O)N1CCCC1C(=O)NC(Cc1ccccc1)C(=O)NC(CO)C(=O)NC(Cc1ccccc1)C(=O)NC(Cc1ccccc1)C(=O)NC(CCCN=C(N)N)C(=O)O. The Bertz CT molecular complexity index is 2800. The molecule has 0 bridgehead atoms. The van der Waals surface area contributed by atoms with Crippen LogP contribution in [0.5, 0.6) is 0 Å². The van der Waals surface area contributed by atoms with Gasteiger partial charge in [-0.1, -0.05) is 91.0 Å². The van der Waals surface area contributed by atoms with Crippen LogP contribution in [-0.2, 0) is 67.2 Å². The van der Waals surface area contributed by atoms with E-state index >= 15 is 0 Å². The van der Waals surface area contributed by atoms with Gasteiger partial charge in [0, 0.05) is 45.4 Å². The van der Waals surface area contributed by atoms with Gasteiger partial charge in [0.2, 0.25) is 53.2 Å². The molecule has 0 spiro atoms. The number of hydrogen-bond acceptors (Lipinski definition) is 14. The normalized spacial score (nSPS) is 17.1. The maximum absolute atomic E-state index is 14.4. The highest BCUT2D eigenvalue weighted by Crippen LogP contribution is 2.23. The number of aliphatic carboxylic acids is 1. The number of nitrogens with one attached hydrogen (secondary N) is 6. The van der Waals surface area contributed by atoms with Gasteiger partial charge >= 0.3 is 5.97 Å². The number of likely N-dealkylation sites (tertiary alicyclic amines) is 2. The molecule has 9 unspecified atom stereocenters. The molecule has 2 aliphatic heterocycles. The maximum Gasteiger partial charge on any atom is 0.326 e. The Morgan fingerprint density at radius 1 is 0.500 bits per heavy atom. The number of aliphatic imine (C=N–C) groups is 2. The van der Waals surface area contributed by atoms with Crippen LogP contribution in [-0.4, -0.2) is 178 Å². The molecule has 3 aromatic carbocycles. The van der Waals surface area contributed by atoms with Crippen LogP contribution >= 0.6 is 0 Å². The van der Waals surface area contributed by atoms with E-state index in [0.29, 0.717) is 36.0 Å². The lowest BCUT2D eigenvalue weighted by Gasteiger charge is -2.31. The van der Waals surface area contributed by atoms with Crippen molar-refractivity contribution in [3.63, 3.8) is 0 Å². The van der Waals surface area contributed by atoms with E-state index < -0.39 is 127 Å². The smallest absolute Gasteiger partial charge is 0.326 e. The Hall–Kier alpha value is -9.18. The number of nitrogens with two attached hydrogens (primary N) is 6. The number of rotatable bonds is 32. The summed E-state index contributed by atoms with van der Waals surface area (Å²) < 4.78 is 0. The largest absolute Gasteiger partial charge is 0.480 e. The molecular weight excluding hydrogens is 1090 g/mol. The van der Waals surface area contributed by atoms with E-state index in [4.69, 9.17) is 34.4 Å². The number of carbonyl (C=O) groups is 10. The van der Waals surface area contributed by atoms with Crippen molar-refractivity contribution in [2.24, 2.45) is 44.4 Å². The van der Waals surface area contributed by atoms with Gasteiger partial charge in [-0.3, -0.25) is 53.1 Å². The summed E-state index contributed by atoms with van der Waals surface area (Å²) in [4.78, 5) is 148. The van der Waals surface area contributed by atoms with Crippen molar-refractivity contribution in [2.45, 2.75) is 131 Å². The van der Waals surface area contributed by atoms with E-state index in [9.17, 15) is 58.2 Å². The minimum absolute atomic E-state index is 0.00711. The average molecular weight is 1170 g/mol. The summed E-state index contributed by atoms with van der Waals surface area (Å²) in [5, 5.41) is 36.2. The lowest BCUT2D eigenvalue weighted by molar-refractivity contribution is -0.145. The fraction of sp³-hybridized carbons (Fsp3) is 0.464. The van der Waals surface area contributed by atoms with E-state index in [0.717, 1.165) is 0 Å². The molecule has 0 aromatic heterocycles. The predicted octanol–water partition coefficient (Wildman–Crippen LogP) is -4.01. The number of carbonyl (C=O) groups excluding carboxylic acids is 9. The third-order valence-corrected chi connectivity index (χ3v) is 14.1. The van der Waals surface area contributed by atoms with Crippen LogP contribution in [0.3, 0.4) is 0 Å². The Labute approximate surface area is 485 Å². The number of guanidine groups is 2. The Balaban J connectivity index is 1.32. The van der Waals surface area contributed by atoms with Crippen LogP contribution in [0, 0.1) is 0 Å². The summed E-state index contributed by atoms with van der Waals surface area (Å²) in [5.74, 6) is -9.18. The Morgan fingerprint density at radius 2 is 0.869 bits per heavy atom. The fourth-order valence-electron chi connectivity index (χ4n) is 9.82. The average Bonchev–Trinajstić information content (AvgIpc) is 4.21. The molecule has 2 heterocycles. The molecule has 0 radical (unpaired) electrons. The van der Waals surface area contributed by atoms with Gasteiger partial charge < -0.3 is 86.3 Å². The number of primary amides is 1. The highest BCUT2D eigenvalue weighted by Gasteiger charge is 2.43. The fourth-order valence-corrected chi connectivity index (χ4v) is 9.82. The summed E-state index contributed by atoms with van der Waals surface area (Å²) in [6.07, 6.45) is 0.754. The number of aliphatic hydroxyl groups is 1. The summed E-state index contributed by atoms with van der Waals surface area (Å²) in [5.41, 5.74) is 35.0. The first-order valence-electron chi connectivity index (χ1n) is 27.7. The van der Waals surface area contributed by atoms with E-state index in [-0.39, 0.29) is 89.5 Å². The maximum atomic E-state index is 14.4. The first kappa shape index (κ1) is 65.6. The first-order chi connectivity index (χ1) is 40.1. The van der Waals surface area contributed by atoms with Crippen molar-refractivity contribution >= 4 is 71.1 Å². The zero-order valence-electron chi connectivity index (χ0n) is 46.6. The molecule has 0 saturated carbocycles. The Kier molecular flexibility index (Phi) is 25.8. The molecule has 3 aromatic rings. The molecule has 9 atom stereocenters. The quantitative estimate of drug-likeness (QED) is 0.0161. The topological polar surface area (TPSA) is 471 Å². The summed E-state index contributed by atoms with van der Waals surface area (Å²) in [7, 11) is 0. The second kappa shape index (κ2) is 33.1. The van der Waals surface area contributed by atoms with Gasteiger partial charge in [-0.25, -0.2) is 4.79 Å². The standard InChI is InChI=1S/C56H78N16O12/c57-36(20-10-24-63-55(59)60)52(81)71-26-12-22-43(71)51(80)69-41(31-45(58)74)53(82)72-27-13-23-44(72)50(79)68-40(30-35-18-8-3-9-19-35)48(77)70-42(32-73)49(78)67-39(29-34-16-6-2-7-17-34)47(76)66-38(28-33-14-4-1-5-15-33)46(75)65-37(54(83)84)21-11-25-64-56(61)62/h1-9,14-19,36-44,73H,10-13,20-32,57H2,(H2,58,74)(H,65,75)(H,66,76)(H,67,78)(H,68,79)(H,69,80)(H,70,77)(H,83,84)(H4,59,60,63)(H4,61,62,64). The van der Waals surface area contributed by atoms with Crippen LogP contribution in [0.4, 0.5) is 0 Å². The first-order valence-corrected chi connectivity index (χ1v) is 27.7. The molecule has 2 fully saturated rings. The molecular formula is C56H78N16O12. The number of benzene rings is 3. The number of nitrogens with zero attached hydrogens (tertiary/aromatic N) is 4. The molecule has 2 aliphatic rings. The van der Waals surface area contributed by atoms with E-state index in [2.05, 4.69) is 41.9 Å². The molecule has 28 heteroatoms. The van der Waals surface area contributed by atoms with Crippen molar-refractivity contribution < 1.29 is 58.2 Å². The van der Waals surface area contributed by atoms with Crippen LogP contribution in [0.2, 0.25) is 0 Å². The lowest BCUT2D eigenvalue weighted by Crippen LogP contribution is -2.61. The number of hydrogen-bond donors (Lipinski definition) is 14. The third kappa shape index (κ3) is 20.7. The molecule has 20 N–H and O–H groups in total. The van der Waals surface area contributed by atoms with Gasteiger partial charge in [-0.05, 0) is 68.1 Å². The van der Waals surface area contributed by atoms with Crippen molar-refractivity contribution in [1.82, 2.24) is 41.7 Å². The van der Waals surface area contributed by atoms with Gasteiger partial charge in [0.1, 0.15) is 48.3 Å². The monoisotopic (exact) mass is 1170 g/mol. The van der Waals surface area contributed by atoms with Gasteiger partial charge in [0.25, 0.3) is 0 Å². The van der Waals surface area contributed by atoms with Gasteiger partial charge in [0.15, 0.2) is 11.9 Å². The van der Waals surface area contributed by atoms with Crippen molar-refractivity contribution in [1.29, 1.82) is 0 Å². The third-order valence-electron chi connectivity index (χ3n) is 14.1. The molecule has 0 aliphatic carbocycles. The number of aliphatic hydroxyl groups excluding tert-OH is 1. The van der Waals surface area contributed by atoms with Crippen molar-refractivity contribution in [3.05, 3.63) is 108 Å². The van der Waals surface area contributed by atoms with Crippen molar-refractivity contribution in [3.8, 4) is 0 Å². The number of carboxylic acid groups (broad SMARTS) is 1. The van der Waals surface area contributed by atoms with Gasteiger partial charge in [-0.15, -0.1) is 0 Å². The summed E-state index contributed by atoms with van der Waals surface area (Å²) in [6, 6.07) is 13.3. The molecule has 5 rings (SSSR count). The Morgan fingerprint density at radius 3 is 1.27 bits per heavy atom. The molecule has 84 heavy (non-hydrogen) atoms. The van der Waals surface area contributed by atoms with Gasteiger partial charge in [0.05, 0.1) is 19.1 Å². The van der Waals surface area contributed by atoms with Gasteiger partial charge in [-0.2, -0.15) is 0 Å². The van der Waals surface area contributed by atoms with Crippen molar-refractivity contribution in [2.75, 3.05) is 32.8 Å². The van der Waals surface area contributed by atoms with Crippen LogP contribution < -0.4 is 66.3 Å². The van der Waals surface area contributed by atoms with E-state index in [1.807, 2.05) is 0 Å². The second-order valence-electron chi connectivity index (χ2n) is 20.5. The summed E-state index contributed by atoms with van der Waals surface area (Å²) >= 11 is 0. The zero-order valence-corrected chi connectivity index (χ0v) is 46.6. The summed E-state index contributed by atoms with van der Waals surface area (Å²) in [6.45, 7) is -0.460. The van der Waals surface area contributed by atoms with E-state index in [1.54, 1.807) is 91.0 Å².